The largest absolute Gasteiger partial charge is 0.493 e. The van der Waals surface area contributed by atoms with Gasteiger partial charge in [-0.05, 0) is 80.6 Å². The molecule has 1 aliphatic rings. The van der Waals surface area contributed by atoms with Gasteiger partial charge < -0.3 is 19.8 Å². The summed E-state index contributed by atoms with van der Waals surface area (Å²) in [6, 6.07) is 17.4. The molecule has 35 heavy (non-hydrogen) atoms. The highest BCUT2D eigenvalue weighted by Crippen LogP contribution is 2.33. The van der Waals surface area contributed by atoms with Gasteiger partial charge in [0.1, 0.15) is 11.5 Å². The molecule has 7 nitrogen and oxygen atoms in total. The zero-order valence-corrected chi connectivity index (χ0v) is 20.6. The number of fused-ring (bicyclic) bond motifs is 1. The minimum absolute atomic E-state index is 0.0824. The molecule has 4 aromatic rings. The Balaban J connectivity index is 1.32. The van der Waals surface area contributed by atoms with E-state index < -0.39 is 5.54 Å². The maximum absolute atomic E-state index is 11.5. The smallest absolute Gasteiger partial charge is 0.301 e. The molecule has 0 unspecified atom stereocenters. The Morgan fingerprint density at radius 2 is 1.77 bits per heavy atom. The maximum Gasteiger partial charge on any atom is 0.301 e. The van der Waals surface area contributed by atoms with Gasteiger partial charge in [0.2, 0.25) is 5.91 Å². The van der Waals surface area contributed by atoms with Crippen molar-refractivity contribution in [1.29, 1.82) is 0 Å². The van der Waals surface area contributed by atoms with Crippen molar-refractivity contribution in [2.24, 2.45) is 5.92 Å². The first-order valence-corrected chi connectivity index (χ1v) is 12.0. The molecule has 0 saturated heterocycles. The molecule has 0 spiro atoms. The summed E-state index contributed by atoms with van der Waals surface area (Å²) in [7, 11) is 0. The second kappa shape index (κ2) is 9.23. The number of hydrogen-bond donors (Lipinski definition) is 2. The van der Waals surface area contributed by atoms with Crippen molar-refractivity contribution in [1.82, 2.24) is 20.3 Å². The van der Waals surface area contributed by atoms with Crippen molar-refractivity contribution in [2.45, 2.75) is 39.2 Å². The number of amides is 1. The van der Waals surface area contributed by atoms with E-state index in [1.807, 2.05) is 62.4 Å². The van der Waals surface area contributed by atoms with Gasteiger partial charge in [0, 0.05) is 12.5 Å². The first-order valence-electron chi connectivity index (χ1n) is 11.6. The van der Waals surface area contributed by atoms with Crippen LogP contribution in [0.4, 0.5) is 0 Å². The molecule has 0 radical (unpaired) electrons. The van der Waals surface area contributed by atoms with E-state index >= 15 is 0 Å². The number of carbonyl (C=O) groups excluding carboxylic acids is 1. The van der Waals surface area contributed by atoms with Gasteiger partial charge in [-0.3, -0.25) is 4.79 Å². The van der Waals surface area contributed by atoms with E-state index in [1.165, 1.54) is 19.8 Å². The number of nitrogens with zero attached hydrogens (tertiary/aromatic N) is 2. The summed E-state index contributed by atoms with van der Waals surface area (Å²) in [6.07, 6.45) is 2.52. The lowest BCUT2D eigenvalue weighted by molar-refractivity contribution is -0.120. The molecule has 2 heterocycles. The molecule has 8 heteroatoms. The molecular weight excluding hydrogens is 464 g/mol. The van der Waals surface area contributed by atoms with Gasteiger partial charge in [0.25, 0.3) is 0 Å². The molecule has 1 amide bonds. The number of halogens is 1. The number of carbonyl (C=O) groups is 1. The SMILES string of the molecule is CC(=O)NC(C)(C)c1ccc(Oc2nc3nc(-c4ccc(OCC5CC5)cc4)c(Cl)cc3[nH]2)cc1. The molecule has 2 N–H and O–H groups in total. The molecule has 5 rings (SSSR count). The zero-order chi connectivity index (χ0) is 24.6. The van der Waals surface area contributed by atoms with Crippen LogP contribution in [-0.4, -0.2) is 27.5 Å². The van der Waals surface area contributed by atoms with Crippen LogP contribution in [0.15, 0.2) is 54.6 Å². The fourth-order valence-electron chi connectivity index (χ4n) is 3.92. The Hall–Kier alpha value is -3.58. The molecule has 180 valence electrons. The van der Waals surface area contributed by atoms with E-state index in [2.05, 4.69) is 20.3 Å². The third-order valence-corrected chi connectivity index (χ3v) is 6.28. The molecule has 0 bridgehead atoms. The fourth-order valence-corrected chi connectivity index (χ4v) is 4.18. The highest BCUT2D eigenvalue weighted by Gasteiger charge is 2.22. The number of nitrogens with one attached hydrogen (secondary N) is 2. The lowest BCUT2D eigenvalue weighted by Gasteiger charge is -2.26. The Morgan fingerprint density at radius 3 is 2.43 bits per heavy atom. The van der Waals surface area contributed by atoms with Gasteiger partial charge in [0.15, 0.2) is 5.65 Å². The van der Waals surface area contributed by atoms with Crippen molar-refractivity contribution in [2.75, 3.05) is 6.61 Å². The van der Waals surface area contributed by atoms with E-state index in [4.69, 9.17) is 21.1 Å². The van der Waals surface area contributed by atoms with Gasteiger partial charge in [-0.2, -0.15) is 4.98 Å². The molecule has 2 aromatic heterocycles. The number of aromatic nitrogens is 3. The van der Waals surface area contributed by atoms with Crippen LogP contribution in [0, 0.1) is 5.92 Å². The molecule has 1 fully saturated rings. The molecule has 0 atom stereocenters. The second-order valence-corrected chi connectivity index (χ2v) is 9.85. The third-order valence-electron chi connectivity index (χ3n) is 5.99. The molecule has 2 aromatic carbocycles. The minimum atomic E-state index is -0.484. The van der Waals surface area contributed by atoms with E-state index in [9.17, 15) is 4.79 Å². The van der Waals surface area contributed by atoms with Crippen LogP contribution < -0.4 is 14.8 Å². The number of ether oxygens (including phenoxy) is 2. The van der Waals surface area contributed by atoms with Crippen molar-refractivity contribution >= 4 is 28.7 Å². The monoisotopic (exact) mass is 490 g/mol. The Bertz CT molecular complexity index is 1360. The number of imidazole rings is 1. The number of rotatable bonds is 8. The summed E-state index contributed by atoms with van der Waals surface area (Å²) < 4.78 is 11.7. The van der Waals surface area contributed by atoms with Gasteiger partial charge >= 0.3 is 6.01 Å². The zero-order valence-electron chi connectivity index (χ0n) is 19.9. The molecule has 1 aliphatic carbocycles. The molecule has 1 saturated carbocycles. The molecular formula is C27H27ClN4O3. The van der Waals surface area contributed by atoms with E-state index in [-0.39, 0.29) is 5.91 Å². The van der Waals surface area contributed by atoms with Crippen LogP contribution >= 0.6 is 11.6 Å². The van der Waals surface area contributed by atoms with E-state index in [0.29, 0.717) is 39.6 Å². The van der Waals surface area contributed by atoms with Crippen LogP contribution in [0.2, 0.25) is 5.02 Å². The highest BCUT2D eigenvalue weighted by atomic mass is 35.5. The Morgan fingerprint density at radius 1 is 1.09 bits per heavy atom. The van der Waals surface area contributed by atoms with Crippen LogP contribution in [-0.2, 0) is 10.3 Å². The lowest BCUT2D eigenvalue weighted by Crippen LogP contribution is -2.39. The van der Waals surface area contributed by atoms with Gasteiger partial charge in [0.05, 0.1) is 28.4 Å². The first kappa shape index (κ1) is 23.2. The van der Waals surface area contributed by atoms with Crippen LogP contribution in [0.25, 0.3) is 22.4 Å². The van der Waals surface area contributed by atoms with Crippen LogP contribution in [0.3, 0.4) is 0 Å². The maximum atomic E-state index is 11.5. The van der Waals surface area contributed by atoms with Crippen molar-refractivity contribution < 1.29 is 14.3 Å². The third kappa shape index (κ3) is 5.41. The van der Waals surface area contributed by atoms with Gasteiger partial charge in [-0.15, -0.1) is 0 Å². The number of hydrogen-bond acceptors (Lipinski definition) is 5. The van der Waals surface area contributed by atoms with Crippen molar-refractivity contribution in [3.63, 3.8) is 0 Å². The second-order valence-electron chi connectivity index (χ2n) is 9.44. The van der Waals surface area contributed by atoms with Gasteiger partial charge in [-0.1, -0.05) is 23.7 Å². The summed E-state index contributed by atoms with van der Waals surface area (Å²) >= 11 is 6.54. The fraction of sp³-hybridized carbons (Fsp3) is 0.296. The Labute approximate surface area is 208 Å². The minimum Gasteiger partial charge on any atom is -0.493 e. The highest BCUT2D eigenvalue weighted by molar-refractivity contribution is 6.33. The number of pyridine rings is 1. The average molecular weight is 491 g/mol. The predicted molar refractivity (Wildman–Crippen MR) is 136 cm³/mol. The number of H-pyrrole nitrogens is 1. The van der Waals surface area contributed by atoms with Crippen LogP contribution in [0.5, 0.6) is 17.5 Å². The lowest BCUT2D eigenvalue weighted by atomic mass is 9.94. The summed E-state index contributed by atoms with van der Waals surface area (Å²) in [6.45, 7) is 6.18. The molecule has 0 aliphatic heterocycles. The summed E-state index contributed by atoms with van der Waals surface area (Å²) in [5.41, 5.74) is 3.21. The number of aromatic amines is 1. The van der Waals surface area contributed by atoms with Crippen molar-refractivity contribution in [3.05, 3.63) is 65.2 Å². The van der Waals surface area contributed by atoms with E-state index in [0.717, 1.165) is 23.5 Å². The quantitative estimate of drug-likeness (QED) is 0.305. The van der Waals surface area contributed by atoms with Crippen molar-refractivity contribution in [3.8, 4) is 28.8 Å². The summed E-state index contributed by atoms with van der Waals surface area (Å²) in [4.78, 5) is 23.7. The predicted octanol–water partition coefficient (Wildman–Crippen LogP) is 6.23. The normalized spacial score (nSPS) is 13.6. The summed E-state index contributed by atoms with van der Waals surface area (Å²) in [5.74, 6) is 2.08. The summed E-state index contributed by atoms with van der Waals surface area (Å²) in [5, 5.41) is 3.45. The van der Waals surface area contributed by atoms with Crippen LogP contribution in [0.1, 0.15) is 39.2 Å². The Kier molecular flexibility index (Phi) is 6.11. The van der Waals surface area contributed by atoms with Gasteiger partial charge in [-0.25, -0.2) is 4.98 Å². The average Bonchev–Trinajstić information content (AvgIpc) is 3.56. The first-order chi connectivity index (χ1) is 16.8. The standard InChI is InChI=1S/C27H27ClN4O3/c1-16(33)32-27(2,3)19-8-12-21(13-9-19)35-26-29-23-14-22(28)24(30-25(23)31-26)18-6-10-20(11-7-18)34-15-17-4-5-17/h6-14,17H,4-5,15H2,1-3H3,(H,32,33)(H,29,30,31). The van der Waals surface area contributed by atoms with E-state index in [1.54, 1.807) is 6.07 Å². The number of benzene rings is 2. The topological polar surface area (TPSA) is 89.1 Å².